The van der Waals surface area contributed by atoms with Crippen LogP contribution >= 0.6 is 0 Å². The molecule has 1 aliphatic heterocycles. The quantitative estimate of drug-likeness (QED) is 0.457. The van der Waals surface area contributed by atoms with Crippen LogP contribution in [0.15, 0.2) is 59.8 Å². The van der Waals surface area contributed by atoms with Gasteiger partial charge in [0, 0.05) is 19.1 Å². The summed E-state index contributed by atoms with van der Waals surface area (Å²) in [7, 11) is 1.76. The van der Waals surface area contributed by atoms with Crippen LogP contribution in [-0.4, -0.2) is 37.4 Å². The summed E-state index contributed by atoms with van der Waals surface area (Å²) in [6.07, 6.45) is 4.19. The summed E-state index contributed by atoms with van der Waals surface area (Å²) in [5.41, 5.74) is 2.11. The number of aldehydes is 1. The molecule has 1 aliphatic rings. The van der Waals surface area contributed by atoms with E-state index in [0.717, 1.165) is 42.6 Å². The van der Waals surface area contributed by atoms with Crippen LogP contribution in [-0.2, 0) is 20.8 Å². The normalized spacial score (nSPS) is 19.6. The van der Waals surface area contributed by atoms with E-state index in [2.05, 4.69) is 29.4 Å². The molecule has 28 heavy (non-hydrogen) atoms. The minimum absolute atomic E-state index is 0.184. The summed E-state index contributed by atoms with van der Waals surface area (Å²) in [6.45, 7) is 2.35. The monoisotopic (exact) mass is 381 g/mol. The van der Waals surface area contributed by atoms with Crippen LogP contribution in [0.3, 0.4) is 0 Å². The first kappa shape index (κ1) is 20.1. The average Bonchev–Trinajstić information content (AvgIpc) is 3.14. The van der Waals surface area contributed by atoms with Gasteiger partial charge in [-0.05, 0) is 43.9 Å². The smallest absolute Gasteiger partial charge is 0.195 e. The van der Waals surface area contributed by atoms with E-state index < -0.39 is 5.60 Å². The van der Waals surface area contributed by atoms with E-state index in [1.807, 2.05) is 30.3 Å². The third-order valence-electron chi connectivity index (χ3n) is 4.88. The van der Waals surface area contributed by atoms with E-state index in [-0.39, 0.29) is 6.10 Å². The largest absolute Gasteiger partial charge is 0.494 e. The van der Waals surface area contributed by atoms with Gasteiger partial charge < -0.3 is 14.3 Å². The SMILES string of the molecule is COC(CCCOc1cccc(C2=NOC(C)(C=O)C2)c1)Cc1ccccc1. The number of hydrogen-bond donors (Lipinski definition) is 0. The molecule has 2 aromatic rings. The van der Waals surface area contributed by atoms with Crippen molar-refractivity contribution in [2.45, 2.75) is 44.3 Å². The number of carbonyl (C=O) groups is 1. The summed E-state index contributed by atoms with van der Waals surface area (Å²) >= 11 is 0. The number of methoxy groups -OCH3 is 1. The number of rotatable bonds is 10. The second-order valence-electron chi connectivity index (χ2n) is 7.30. The fraction of sp³-hybridized carbons (Fsp3) is 0.391. The van der Waals surface area contributed by atoms with Crippen molar-refractivity contribution in [2.75, 3.05) is 13.7 Å². The van der Waals surface area contributed by atoms with Gasteiger partial charge in [0.2, 0.25) is 0 Å². The highest BCUT2D eigenvalue weighted by molar-refractivity contribution is 6.03. The summed E-state index contributed by atoms with van der Waals surface area (Å²) in [5, 5.41) is 4.06. The molecule has 0 aromatic heterocycles. The first-order valence-corrected chi connectivity index (χ1v) is 9.63. The fourth-order valence-corrected chi connectivity index (χ4v) is 3.22. The minimum Gasteiger partial charge on any atom is -0.494 e. The molecular formula is C23H27NO4. The highest BCUT2D eigenvalue weighted by Gasteiger charge is 2.34. The van der Waals surface area contributed by atoms with Gasteiger partial charge in [-0.2, -0.15) is 0 Å². The first-order valence-electron chi connectivity index (χ1n) is 9.63. The molecule has 3 rings (SSSR count). The molecule has 0 fully saturated rings. The molecule has 0 amide bonds. The van der Waals surface area contributed by atoms with Crippen molar-refractivity contribution in [3.63, 3.8) is 0 Å². The third kappa shape index (κ3) is 5.42. The minimum atomic E-state index is -0.861. The summed E-state index contributed by atoms with van der Waals surface area (Å²) in [5.74, 6) is 0.789. The molecule has 0 saturated heterocycles. The number of carbonyl (C=O) groups excluding carboxylic acids is 1. The van der Waals surface area contributed by atoms with Crippen LogP contribution in [0.1, 0.15) is 37.3 Å². The second kappa shape index (κ2) is 9.51. The lowest BCUT2D eigenvalue weighted by molar-refractivity contribution is -0.125. The summed E-state index contributed by atoms with van der Waals surface area (Å²) in [6, 6.07) is 18.1. The lowest BCUT2D eigenvalue weighted by Crippen LogP contribution is -2.26. The van der Waals surface area contributed by atoms with Crippen molar-refractivity contribution < 1.29 is 19.1 Å². The molecule has 148 valence electrons. The van der Waals surface area contributed by atoms with Gasteiger partial charge in [0.1, 0.15) is 5.75 Å². The van der Waals surface area contributed by atoms with Gasteiger partial charge in [-0.3, -0.25) is 4.79 Å². The molecule has 2 atom stereocenters. The summed E-state index contributed by atoms with van der Waals surface area (Å²) in [4.78, 5) is 16.4. The predicted molar refractivity (Wildman–Crippen MR) is 109 cm³/mol. The van der Waals surface area contributed by atoms with Crippen molar-refractivity contribution in [3.8, 4) is 5.75 Å². The molecule has 2 aromatic carbocycles. The Labute approximate surface area is 166 Å². The Morgan fingerprint density at radius 3 is 2.75 bits per heavy atom. The van der Waals surface area contributed by atoms with E-state index in [4.69, 9.17) is 14.3 Å². The molecule has 0 N–H and O–H groups in total. The number of benzene rings is 2. The van der Waals surface area contributed by atoms with Gasteiger partial charge in [-0.1, -0.05) is 47.6 Å². The number of hydrogen-bond acceptors (Lipinski definition) is 5. The standard InChI is InChI=1S/C23H27NO4/c1-23(17-25)16-22(24-28-23)19-10-6-11-21(15-19)27-13-7-12-20(26-2)14-18-8-4-3-5-9-18/h3-6,8-11,15,17,20H,7,12-14,16H2,1-2H3. The van der Waals surface area contributed by atoms with E-state index in [9.17, 15) is 4.79 Å². The zero-order valence-electron chi connectivity index (χ0n) is 16.5. The van der Waals surface area contributed by atoms with Crippen molar-refractivity contribution >= 4 is 12.0 Å². The average molecular weight is 381 g/mol. The fourth-order valence-electron chi connectivity index (χ4n) is 3.22. The molecule has 0 spiro atoms. The van der Waals surface area contributed by atoms with Crippen LogP contribution < -0.4 is 4.74 Å². The van der Waals surface area contributed by atoms with E-state index in [0.29, 0.717) is 13.0 Å². The molecule has 5 heteroatoms. The molecule has 0 aliphatic carbocycles. The van der Waals surface area contributed by atoms with Crippen LogP contribution in [0.2, 0.25) is 0 Å². The maximum absolute atomic E-state index is 11.1. The van der Waals surface area contributed by atoms with Gasteiger partial charge in [0.05, 0.1) is 18.4 Å². The molecule has 0 bridgehead atoms. The van der Waals surface area contributed by atoms with Crippen LogP contribution in [0.25, 0.3) is 0 Å². The maximum atomic E-state index is 11.1. The van der Waals surface area contributed by atoms with Crippen molar-refractivity contribution in [1.29, 1.82) is 0 Å². The predicted octanol–water partition coefficient (Wildman–Crippen LogP) is 4.19. The Morgan fingerprint density at radius 1 is 1.21 bits per heavy atom. The number of nitrogens with zero attached hydrogens (tertiary/aromatic N) is 1. The lowest BCUT2D eigenvalue weighted by atomic mass is 9.97. The topological polar surface area (TPSA) is 57.1 Å². The Morgan fingerprint density at radius 2 is 2.04 bits per heavy atom. The Hall–Kier alpha value is -2.66. The van der Waals surface area contributed by atoms with Crippen molar-refractivity contribution in [2.24, 2.45) is 5.16 Å². The number of oxime groups is 1. The third-order valence-corrected chi connectivity index (χ3v) is 4.88. The van der Waals surface area contributed by atoms with Crippen LogP contribution in [0.5, 0.6) is 5.75 Å². The molecule has 0 saturated carbocycles. The Balaban J connectivity index is 1.47. The van der Waals surface area contributed by atoms with E-state index in [1.54, 1.807) is 14.0 Å². The molecule has 1 heterocycles. The van der Waals surface area contributed by atoms with Crippen molar-refractivity contribution in [1.82, 2.24) is 0 Å². The van der Waals surface area contributed by atoms with Crippen molar-refractivity contribution in [3.05, 3.63) is 65.7 Å². The zero-order valence-corrected chi connectivity index (χ0v) is 16.5. The summed E-state index contributed by atoms with van der Waals surface area (Å²) < 4.78 is 11.5. The Kier molecular flexibility index (Phi) is 6.82. The van der Waals surface area contributed by atoms with E-state index >= 15 is 0 Å². The molecule has 2 unspecified atom stereocenters. The van der Waals surface area contributed by atoms with Crippen LogP contribution in [0.4, 0.5) is 0 Å². The van der Waals surface area contributed by atoms with Gasteiger partial charge in [-0.25, -0.2) is 0 Å². The highest BCUT2D eigenvalue weighted by atomic mass is 16.7. The van der Waals surface area contributed by atoms with Gasteiger partial charge >= 0.3 is 0 Å². The van der Waals surface area contributed by atoms with Gasteiger partial charge in [0.15, 0.2) is 11.9 Å². The van der Waals surface area contributed by atoms with Gasteiger partial charge in [0.25, 0.3) is 0 Å². The van der Waals surface area contributed by atoms with Crippen LogP contribution in [0, 0.1) is 0 Å². The second-order valence-corrected chi connectivity index (χ2v) is 7.30. The zero-order chi connectivity index (χ0) is 19.8. The number of ether oxygens (including phenoxy) is 2. The van der Waals surface area contributed by atoms with E-state index in [1.165, 1.54) is 5.56 Å². The molecule has 5 nitrogen and oxygen atoms in total. The van der Waals surface area contributed by atoms with Gasteiger partial charge in [-0.15, -0.1) is 0 Å². The highest BCUT2D eigenvalue weighted by Crippen LogP contribution is 2.26. The Bertz CT molecular complexity index is 805. The first-order chi connectivity index (χ1) is 13.6. The lowest BCUT2D eigenvalue weighted by Gasteiger charge is -2.16. The maximum Gasteiger partial charge on any atom is 0.195 e. The molecular weight excluding hydrogens is 354 g/mol. The molecule has 0 radical (unpaired) electrons.